The van der Waals surface area contributed by atoms with E-state index in [-0.39, 0.29) is 18.6 Å². The lowest BCUT2D eigenvalue weighted by Gasteiger charge is -2.27. The first-order valence-corrected chi connectivity index (χ1v) is 11.1. The Morgan fingerprint density at radius 3 is 2.60 bits per heavy atom. The summed E-state index contributed by atoms with van der Waals surface area (Å²) in [6, 6.07) is 5.37. The Balaban J connectivity index is 1.72. The highest BCUT2D eigenvalue weighted by Crippen LogP contribution is 2.35. The van der Waals surface area contributed by atoms with Crippen LogP contribution in [-0.4, -0.2) is 59.7 Å². The van der Waals surface area contributed by atoms with Crippen LogP contribution in [0.1, 0.15) is 45.1 Å². The second-order valence-electron chi connectivity index (χ2n) is 7.46. The maximum absolute atomic E-state index is 12.7. The van der Waals surface area contributed by atoms with Crippen LogP contribution in [0.3, 0.4) is 0 Å². The minimum absolute atomic E-state index is 0.0543. The molecule has 0 aromatic heterocycles. The van der Waals surface area contributed by atoms with Gasteiger partial charge in [0.15, 0.2) is 11.5 Å². The number of hydrogen-bond acceptors (Lipinski definition) is 6. The fourth-order valence-corrected chi connectivity index (χ4v) is 4.18. The number of hydrogen-bond donors (Lipinski definition) is 0. The van der Waals surface area contributed by atoms with Gasteiger partial charge in [-0.2, -0.15) is 0 Å². The lowest BCUT2D eigenvalue weighted by Crippen LogP contribution is -2.44. The van der Waals surface area contributed by atoms with E-state index in [2.05, 4.69) is 0 Å². The highest BCUT2D eigenvalue weighted by Gasteiger charge is 2.37. The Labute approximate surface area is 181 Å². The summed E-state index contributed by atoms with van der Waals surface area (Å²) >= 11 is 0.853. The number of carbonyl (C=O) groups is 3. The van der Waals surface area contributed by atoms with Gasteiger partial charge in [0.2, 0.25) is 5.91 Å². The van der Waals surface area contributed by atoms with Crippen LogP contribution >= 0.6 is 11.8 Å². The molecule has 0 bridgehead atoms. The highest BCUT2D eigenvalue weighted by atomic mass is 32.2. The number of ether oxygens (including phenoxy) is 2. The minimum atomic E-state index is -0.436. The zero-order chi connectivity index (χ0) is 21.7. The largest absolute Gasteiger partial charge is 0.493 e. The molecule has 7 nitrogen and oxygen atoms in total. The van der Waals surface area contributed by atoms with Crippen molar-refractivity contribution in [3.05, 3.63) is 28.7 Å². The number of likely N-dealkylation sites (tertiary alicyclic amines) is 1. The number of rotatable bonds is 7. The van der Waals surface area contributed by atoms with Crippen LogP contribution in [0.15, 0.2) is 23.1 Å². The van der Waals surface area contributed by atoms with Crippen molar-refractivity contribution in [3.63, 3.8) is 0 Å². The molecule has 2 aliphatic heterocycles. The summed E-state index contributed by atoms with van der Waals surface area (Å²) in [5.74, 6) is 0.577. The predicted octanol–water partition coefficient (Wildman–Crippen LogP) is 3.92. The van der Waals surface area contributed by atoms with Gasteiger partial charge < -0.3 is 14.4 Å². The number of nitrogens with zero attached hydrogens (tertiary/aromatic N) is 2. The molecule has 2 aliphatic rings. The van der Waals surface area contributed by atoms with E-state index in [1.807, 2.05) is 19.9 Å². The molecule has 2 saturated heterocycles. The van der Waals surface area contributed by atoms with Gasteiger partial charge in [0.05, 0.1) is 18.1 Å². The average molecular weight is 433 g/mol. The van der Waals surface area contributed by atoms with Gasteiger partial charge in [0.25, 0.3) is 11.1 Å². The summed E-state index contributed by atoms with van der Waals surface area (Å²) in [6.45, 7) is 5.20. The smallest absolute Gasteiger partial charge is 0.294 e. The van der Waals surface area contributed by atoms with Gasteiger partial charge in [0.1, 0.15) is 6.54 Å². The molecule has 162 valence electrons. The van der Waals surface area contributed by atoms with Gasteiger partial charge in [-0.05, 0) is 68.1 Å². The minimum Gasteiger partial charge on any atom is -0.493 e. The van der Waals surface area contributed by atoms with Gasteiger partial charge in [-0.1, -0.05) is 13.0 Å². The average Bonchev–Trinajstić information content (AvgIpc) is 3.02. The van der Waals surface area contributed by atoms with E-state index in [0.29, 0.717) is 29.5 Å². The Bertz CT molecular complexity index is 848. The molecule has 0 radical (unpaired) electrons. The Morgan fingerprint density at radius 2 is 1.93 bits per heavy atom. The van der Waals surface area contributed by atoms with E-state index < -0.39 is 11.1 Å². The van der Waals surface area contributed by atoms with Crippen LogP contribution in [0.25, 0.3) is 6.08 Å². The fourth-order valence-electron chi connectivity index (χ4n) is 3.34. The molecule has 0 spiro atoms. The molecule has 3 rings (SSSR count). The van der Waals surface area contributed by atoms with Gasteiger partial charge in [0, 0.05) is 13.1 Å². The molecule has 1 atom stereocenters. The number of carbonyl (C=O) groups excluding carboxylic acids is 3. The monoisotopic (exact) mass is 432 g/mol. The van der Waals surface area contributed by atoms with Crippen molar-refractivity contribution in [3.8, 4) is 11.5 Å². The summed E-state index contributed by atoms with van der Waals surface area (Å²) in [6.07, 6.45) is 5.61. The van der Waals surface area contributed by atoms with Crippen LogP contribution in [0.4, 0.5) is 4.79 Å². The third-order valence-corrected chi connectivity index (χ3v) is 6.17. The van der Waals surface area contributed by atoms with Crippen LogP contribution in [-0.2, 0) is 9.59 Å². The summed E-state index contributed by atoms with van der Waals surface area (Å²) < 4.78 is 11.3. The third-order valence-electron chi connectivity index (χ3n) is 5.26. The maximum atomic E-state index is 12.7. The normalized spacial score (nSPS) is 19.4. The topological polar surface area (TPSA) is 76.2 Å². The molecule has 2 fully saturated rings. The van der Waals surface area contributed by atoms with Crippen LogP contribution in [0.2, 0.25) is 0 Å². The molecule has 0 N–H and O–H groups in total. The van der Waals surface area contributed by atoms with Gasteiger partial charge in [-0.25, -0.2) is 0 Å². The lowest BCUT2D eigenvalue weighted by molar-refractivity contribution is -0.136. The van der Waals surface area contributed by atoms with Crippen molar-refractivity contribution in [2.45, 2.75) is 45.6 Å². The van der Waals surface area contributed by atoms with E-state index in [9.17, 15) is 14.4 Å². The van der Waals surface area contributed by atoms with Crippen molar-refractivity contribution in [2.75, 3.05) is 26.7 Å². The zero-order valence-corrected chi connectivity index (χ0v) is 18.5. The van der Waals surface area contributed by atoms with Gasteiger partial charge in [-0.15, -0.1) is 0 Å². The Morgan fingerprint density at radius 1 is 1.20 bits per heavy atom. The Hall–Kier alpha value is -2.48. The van der Waals surface area contributed by atoms with E-state index in [4.69, 9.17) is 9.47 Å². The van der Waals surface area contributed by atoms with E-state index in [1.54, 1.807) is 30.2 Å². The molecular formula is C22H28N2O5S. The standard InChI is InChI=1S/C22H28N2O5S/c1-4-15(2)29-17-9-8-16(12-18(17)28-3)13-19-21(26)24(22(27)30-19)14-20(25)23-10-6-5-7-11-23/h8-9,12-13,15H,4-7,10-11,14H2,1-3H3/b19-13-/t15-/m1/s1. The molecule has 1 aromatic rings. The van der Waals surface area contributed by atoms with E-state index in [0.717, 1.165) is 47.9 Å². The molecule has 2 heterocycles. The third kappa shape index (κ3) is 5.16. The van der Waals surface area contributed by atoms with Crippen molar-refractivity contribution >= 4 is 34.9 Å². The van der Waals surface area contributed by atoms with Crippen LogP contribution in [0.5, 0.6) is 11.5 Å². The van der Waals surface area contributed by atoms with E-state index in [1.165, 1.54) is 0 Å². The summed E-state index contributed by atoms with van der Waals surface area (Å²) in [7, 11) is 1.56. The van der Waals surface area contributed by atoms with Gasteiger partial charge in [-0.3, -0.25) is 19.3 Å². The number of amides is 3. The van der Waals surface area contributed by atoms with Crippen molar-refractivity contribution in [1.29, 1.82) is 0 Å². The maximum Gasteiger partial charge on any atom is 0.294 e. The summed E-state index contributed by atoms with van der Waals surface area (Å²) in [5.41, 5.74) is 0.719. The quantitative estimate of drug-likeness (QED) is 0.608. The first-order valence-electron chi connectivity index (χ1n) is 10.3. The lowest BCUT2D eigenvalue weighted by atomic mass is 10.1. The number of methoxy groups -OCH3 is 1. The molecule has 30 heavy (non-hydrogen) atoms. The van der Waals surface area contributed by atoms with Crippen molar-refractivity contribution in [1.82, 2.24) is 9.80 Å². The number of piperidine rings is 1. The molecule has 8 heteroatoms. The van der Waals surface area contributed by atoms with Crippen LogP contribution < -0.4 is 9.47 Å². The predicted molar refractivity (Wildman–Crippen MR) is 116 cm³/mol. The van der Waals surface area contributed by atoms with Crippen molar-refractivity contribution in [2.24, 2.45) is 0 Å². The van der Waals surface area contributed by atoms with Crippen LogP contribution in [0, 0.1) is 0 Å². The SMILES string of the molecule is CC[C@@H](C)Oc1ccc(/C=C2\SC(=O)N(CC(=O)N3CCCCC3)C2=O)cc1OC. The van der Waals surface area contributed by atoms with Crippen molar-refractivity contribution < 1.29 is 23.9 Å². The zero-order valence-electron chi connectivity index (χ0n) is 17.7. The first-order chi connectivity index (χ1) is 14.4. The molecule has 0 unspecified atom stereocenters. The number of imide groups is 1. The second-order valence-corrected chi connectivity index (χ2v) is 8.45. The molecule has 0 saturated carbocycles. The highest BCUT2D eigenvalue weighted by molar-refractivity contribution is 8.18. The van der Waals surface area contributed by atoms with E-state index >= 15 is 0 Å². The summed E-state index contributed by atoms with van der Waals surface area (Å²) in [4.78, 5) is 40.6. The number of thioether (sulfide) groups is 1. The fraction of sp³-hybridized carbons (Fsp3) is 0.500. The Kier molecular flexibility index (Phi) is 7.42. The number of benzene rings is 1. The first kappa shape index (κ1) is 22.2. The second kappa shape index (κ2) is 10.0. The summed E-state index contributed by atoms with van der Waals surface area (Å²) in [5, 5.41) is -0.416. The molecule has 1 aromatic carbocycles. The molecular weight excluding hydrogens is 404 g/mol. The molecule has 0 aliphatic carbocycles. The molecule has 3 amide bonds. The van der Waals surface area contributed by atoms with Gasteiger partial charge >= 0.3 is 0 Å².